The number of nitrogens with zero attached hydrogens (tertiary/aromatic N) is 1. The van der Waals surface area contributed by atoms with Crippen LogP contribution in [0.2, 0.25) is 0 Å². The van der Waals surface area contributed by atoms with Gasteiger partial charge in [-0.05, 0) is 42.9 Å². The van der Waals surface area contributed by atoms with Crippen LogP contribution >= 0.6 is 0 Å². The van der Waals surface area contributed by atoms with Crippen LogP contribution in [-0.4, -0.2) is 25.8 Å². The minimum Gasteiger partial charge on any atom is -0.207 e. The quantitative estimate of drug-likeness (QED) is 0.859. The summed E-state index contributed by atoms with van der Waals surface area (Å²) in [5.74, 6) is -0.205. The normalized spacial score (nSPS) is 17.3. The molecular formula is C18H20FNO2S. The highest BCUT2D eigenvalue weighted by Gasteiger charge is 2.31. The van der Waals surface area contributed by atoms with Gasteiger partial charge in [0.1, 0.15) is 10.7 Å². The van der Waals surface area contributed by atoms with E-state index in [0.717, 1.165) is 19.3 Å². The van der Waals surface area contributed by atoms with E-state index in [9.17, 15) is 12.8 Å². The molecule has 0 radical (unpaired) electrons. The molecule has 0 N–H and O–H groups in total. The van der Waals surface area contributed by atoms with Gasteiger partial charge in [-0.3, -0.25) is 0 Å². The molecule has 1 aliphatic heterocycles. The first kappa shape index (κ1) is 16.1. The summed E-state index contributed by atoms with van der Waals surface area (Å²) in [5.41, 5.74) is 1.28. The summed E-state index contributed by atoms with van der Waals surface area (Å²) in [7, 11) is -3.73. The lowest BCUT2D eigenvalue weighted by Gasteiger charge is -2.31. The van der Waals surface area contributed by atoms with Crippen LogP contribution in [0.25, 0.3) is 0 Å². The molecule has 0 aromatic heterocycles. The molecular weight excluding hydrogens is 313 g/mol. The Bertz CT molecular complexity index is 754. The SMILES string of the molecule is O=S(=O)(c1ccccc1F)N1CCC(Cc2ccccc2)CC1. The first-order valence-electron chi connectivity index (χ1n) is 7.86. The molecule has 3 rings (SSSR count). The Morgan fingerprint density at radius 2 is 1.57 bits per heavy atom. The van der Waals surface area contributed by atoms with Crippen molar-refractivity contribution in [1.29, 1.82) is 0 Å². The summed E-state index contributed by atoms with van der Waals surface area (Å²) in [6, 6.07) is 15.8. The van der Waals surface area contributed by atoms with Crippen LogP contribution < -0.4 is 0 Å². The summed E-state index contributed by atoms with van der Waals surface area (Å²) in [5, 5.41) is 0. The van der Waals surface area contributed by atoms with E-state index in [1.165, 1.54) is 28.1 Å². The van der Waals surface area contributed by atoms with Crippen molar-refractivity contribution < 1.29 is 12.8 Å². The van der Waals surface area contributed by atoms with E-state index in [1.807, 2.05) is 18.2 Å². The summed E-state index contributed by atoms with van der Waals surface area (Å²) in [6.07, 6.45) is 2.58. The zero-order chi connectivity index (χ0) is 16.3. The van der Waals surface area contributed by atoms with E-state index in [0.29, 0.717) is 19.0 Å². The van der Waals surface area contributed by atoms with Gasteiger partial charge in [0.25, 0.3) is 0 Å². The Kier molecular flexibility index (Phi) is 4.78. The van der Waals surface area contributed by atoms with Crippen LogP contribution in [0.15, 0.2) is 59.5 Å². The van der Waals surface area contributed by atoms with Crippen molar-refractivity contribution in [2.75, 3.05) is 13.1 Å². The topological polar surface area (TPSA) is 37.4 Å². The number of benzene rings is 2. The van der Waals surface area contributed by atoms with Gasteiger partial charge >= 0.3 is 0 Å². The van der Waals surface area contributed by atoms with E-state index < -0.39 is 15.8 Å². The van der Waals surface area contributed by atoms with Crippen LogP contribution in [0.5, 0.6) is 0 Å². The standard InChI is InChI=1S/C18H20FNO2S/c19-17-8-4-5-9-18(17)23(21,22)20-12-10-16(11-13-20)14-15-6-2-1-3-7-15/h1-9,16H,10-14H2. The lowest BCUT2D eigenvalue weighted by atomic mass is 9.91. The molecule has 0 atom stereocenters. The summed E-state index contributed by atoms with van der Waals surface area (Å²) < 4.78 is 40.3. The van der Waals surface area contributed by atoms with Crippen LogP contribution in [0.1, 0.15) is 18.4 Å². The number of hydrogen-bond acceptors (Lipinski definition) is 2. The molecule has 0 unspecified atom stereocenters. The third kappa shape index (κ3) is 3.62. The number of hydrogen-bond donors (Lipinski definition) is 0. The minimum atomic E-state index is -3.73. The average Bonchev–Trinajstić information content (AvgIpc) is 2.56. The smallest absolute Gasteiger partial charge is 0.207 e. The Hall–Kier alpha value is -1.72. The molecule has 3 nitrogen and oxygen atoms in total. The largest absolute Gasteiger partial charge is 0.245 e. The maximum atomic E-state index is 13.8. The second-order valence-corrected chi connectivity index (χ2v) is 7.87. The summed E-state index contributed by atoms with van der Waals surface area (Å²) in [4.78, 5) is -0.221. The fraction of sp³-hybridized carbons (Fsp3) is 0.333. The van der Waals surface area contributed by atoms with E-state index in [-0.39, 0.29) is 4.90 Å². The van der Waals surface area contributed by atoms with Gasteiger partial charge in [0.05, 0.1) is 0 Å². The molecule has 1 fully saturated rings. The van der Waals surface area contributed by atoms with Crippen LogP contribution in [-0.2, 0) is 16.4 Å². The van der Waals surface area contributed by atoms with Gasteiger partial charge in [0.2, 0.25) is 10.0 Å². The third-order valence-corrected chi connectivity index (χ3v) is 6.33. The van der Waals surface area contributed by atoms with E-state index >= 15 is 0 Å². The monoisotopic (exact) mass is 333 g/mol. The predicted octanol–water partition coefficient (Wildman–Crippen LogP) is 3.47. The fourth-order valence-corrected chi connectivity index (χ4v) is 4.63. The van der Waals surface area contributed by atoms with Crippen LogP contribution in [0, 0.1) is 11.7 Å². The van der Waals surface area contributed by atoms with Gasteiger partial charge in [-0.2, -0.15) is 4.31 Å². The molecule has 1 aliphatic rings. The molecule has 0 amide bonds. The average molecular weight is 333 g/mol. The van der Waals surface area contributed by atoms with Gasteiger partial charge in [-0.1, -0.05) is 42.5 Å². The highest BCUT2D eigenvalue weighted by molar-refractivity contribution is 7.89. The number of sulfonamides is 1. The van der Waals surface area contributed by atoms with E-state index in [1.54, 1.807) is 6.07 Å². The zero-order valence-corrected chi connectivity index (χ0v) is 13.7. The Balaban J connectivity index is 1.66. The van der Waals surface area contributed by atoms with E-state index in [2.05, 4.69) is 12.1 Å². The highest BCUT2D eigenvalue weighted by atomic mass is 32.2. The number of halogens is 1. The number of piperidine rings is 1. The predicted molar refractivity (Wildman–Crippen MR) is 88.0 cm³/mol. The second kappa shape index (κ2) is 6.81. The Morgan fingerprint density at radius 1 is 0.957 bits per heavy atom. The molecule has 0 spiro atoms. The molecule has 0 aliphatic carbocycles. The summed E-state index contributed by atoms with van der Waals surface area (Å²) >= 11 is 0. The molecule has 23 heavy (non-hydrogen) atoms. The Morgan fingerprint density at radius 3 is 2.22 bits per heavy atom. The van der Waals surface area contributed by atoms with Crippen molar-refractivity contribution in [3.05, 3.63) is 66.0 Å². The van der Waals surface area contributed by atoms with Gasteiger partial charge in [-0.25, -0.2) is 12.8 Å². The fourth-order valence-electron chi connectivity index (χ4n) is 3.09. The van der Waals surface area contributed by atoms with Crippen molar-refractivity contribution in [3.63, 3.8) is 0 Å². The van der Waals surface area contributed by atoms with Gasteiger partial charge in [-0.15, -0.1) is 0 Å². The second-order valence-electron chi connectivity index (χ2n) is 5.97. The molecule has 2 aromatic carbocycles. The zero-order valence-electron chi connectivity index (χ0n) is 12.9. The molecule has 1 saturated heterocycles. The number of rotatable bonds is 4. The lowest BCUT2D eigenvalue weighted by Crippen LogP contribution is -2.39. The third-order valence-electron chi connectivity index (χ3n) is 4.40. The highest BCUT2D eigenvalue weighted by Crippen LogP contribution is 2.27. The first-order chi connectivity index (χ1) is 11.1. The molecule has 0 saturated carbocycles. The van der Waals surface area contributed by atoms with Crippen molar-refractivity contribution in [2.45, 2.75) is 24.2 Å². The maximum Gasteiger partial charge on any atom is 0.245 e. The van der Waals surface area contributed by atoms with Crippen molar-refractivity contribution >= 4 is 10.0 Å². The molecule has 2 aromatic rings. The van der Waals surface area contributed by atoms with Crippen LogP contribution in [0.4, 0.5) is 4.39 Å². The Labute approximate surface area is 136 Å². The van der Waals surface area contributed by atoms with E-state index in [4.69, 9.17) is 0 Å². The molecule has 5 heteroatoms. The minimum absolute atomic E-state index is 0.221. The van der Waals surface area contributed by atoms with Crippen LogP contribution in [0.3, 0.4) is 0 Å². The molecule has 1 heterocycles. The van der Waals surface area contributed by atoms with Gasteiger partial charge in [0, 0.05) is 13.1 Å². The summed E-state index contributed by atoms with van der Waals surface area (Å²) in [6.45, 7) is 0.905. The van der Waals surface area contributed by atoms with Crippen molar-refractivity contribution in [2.24, 2.45) is 5.92 Å². The van der Waals surface area contributed by atoms with Crippen molar-refractivity contribution in [3.8, 4) is 0 Å². The van der Waals surface area contributed by atoms with Gasteiger partial charge < -0.3 is 0 Å². The first-order valence-corrected chi connectivity index (χ1v) is 9.30. The van der Waals surface area contributed by atoms with Crippen molar-refractivity contribution in [1.82, 2.24) is 4.31 Å². The lowest BCUT2D eigenvalue weighted by molar-refractivity contribution is 0.272. The molecule has 122 valence electrons. The molecule has 0 bridgehead atoms. The maximum absolute atomic E-state index is 13.8. The van der Waals surface area contributed by atoms with Gasteiger partial charge in [0.15, 0.2) is 0 Å².